The molecule has 0 bridgehead atoms. The highest BCUT2D eigenvalue weighted by molar-refractivity contribution is 5.21. The van der Waals surface area contributed by atoms with Crippen LogP contribution in [0, 0.1) is 0 Å². The number of ether oxygens (including phenoxy) is 1. The summed E-state index contributed by atoms with van der Waals surface area (Å²) >= 11 is 0. The minimum atomic E-state index is -0.0144. The second-order valence-corrected chi connectivity index (χ2v) is 4.11. The zero-order valence-corrected chi connectivity index (χ0v) is 9.91. The van der Waals surface area contributed by atoms with Crippen LogP contribution in [0.2, 0.25) is 0 Å². The molecule has 17 heavy (non-hydrogen) atoms. The van der Waals surface area contributed by atoms with Crippen molar-refractivity contribution in [2.24, 2.45) is 12.8 Å². The Morgan fingerprint density at radius 3 is 2.76 bits per heavy atom. The number of aryl methyl sites for hydroxylation is 1. The lowest BCUT2D eigenvalue weighted by molar-refractivity contribution is 0.287. The van der Waals surface area contributed by atoms with Crippen molar-refractivity contribution in [3.63, 3.8) is 0 Å². The third-order valence-electron chi connectivity index (χ3n) is 2.46. The van der Waals surface area contributed by atoms with E-state index in [0.29, 0.717) is 6.61 Å². The second kappa shape index (κ2) is 5.50. The standard InChI is InChI=1S/C13H17N3O/c1-16-9-11(8-15-16)7-12(14)10-17-13-5-3-2-4-6-13/h2-6,8-9,12H,7,10,14H2,1H3. The fourth-order valence-corrected chi connectivity index (χ4v) is 1.66. The topological polar surface area (TPSA) is 53.1 Å². The average Bonchev–Trinajstić information content (AvgIpc) is 2.73. The van der Waals surface area contributed by atoms with Gasteiger partial charge in [-0.1, -0.05) is 18.2 Å². The molecule has 0 radical (unpaired) electrons. The Kier molecular flexibility index (Phi) is 3.77. The first kappa shape index (κ1) is 11.7. The molecule has 0 aliphatic carbocycles. The molecule has 2 N–H and O–H groups in total. The summed E-state index contributed by atoms with van der Waals surface area (Å²) in [4.78, 5) is 0. The Balaban J connectivity index is 1.80. The van der Waals surface area contributed by atoms with E-state index in [9.17, 15) is 0 Å². The van der Waals surface area contributed by atoms with Crippen molar-refractivity contribution >= 4 is 0 Å². The van der Waals surface area contributed by atoms with Crippen LogP contribution in [0.5, 0.6) is 5.75 Å². The highest BCUT2D eigenvalue weighted by Crippen LogP contribution is 2.09. The summed E-state index contributed by atoms with van der Waals surface area (Å²) in [5.74, 6) is 0.856. The molecular formula is C13H17N3O. The van der Waals surface area contributed by atoms with Gasteiger partial charge in [0, 0.05) is 19.3 Å². The van der Waals surface area contributed by atoms with E-state index in [4.69, 9.17) is 10.5 Å². The smallest absolute Gasteiger partial charge is 0.119 e. The minimum absolute atomic E-state index is 0.0144. The van der Waals surface area contributed by atoms with Gasteiger partial charge in [0.2, 0.25) is 0 Å². The number of hydrogen-bond donors (Lipinski definition) is 1. The number of nitrogens with two attached hydrogens (primary N) is 1. The van der Waals surface area contributed by atoms with Crippen LogP contribution in [0.25, 0.3) is 0 Å². The molecule has 4 heteroatoms. The molecular weight excluding hydrogens is 214 g/mol. The zero-order valence-electron chi connectivity index (χ0n) is 9.91. The van der Waals surface area contributed by atoms with Gasteiger partial charge in [-0.3, -0.25) is 4.68 Å². The number of benzene rings is 1. The van der Waals surface area contributed by atoms with E-state index in [1.54, 1.807) is 4.68 Å². The molecule has 1 atom stereocenters. The van der Waals surface area contributed by atoms with Gasteiger partial charge in [-0.05, 0) is 24.1 Å². The molecule has 0 aliphatic heterocycles. The number of rotatable bonds is 5. The highest BCUT2D eigenvalue weighted by atomic mass is 16.5. The molecule has 1 unspecified atom stereocenters. The summed E-state index contributed by atoms with van der Waals surface area (Å²) in [6, 6.07) is 9.69. The van der Waals surface area contributed by atoms with Gasteiger partial charge in [-0.15, -0.1) is 0 Å². The van der Waals surface area contributed by atoms with Crippen molar-refractivity contribution in [1.29, 1.82) is 0 Å². The van der Waals surface area contributed by atoms with Crippen molar-refractivity contribution in [3.8, 4) is 5.75 Å². The summed E-state index contributed by atoms with van der Waals surface area (Å²) in [6.07, 6.45) is 4.59. The minimum Gasteiger partial charge on any atom is -0.492 e. The van der Waals surface area contributed by atoms with Crippen molar-refractivity contribution in [2.45, 2.75) is 12.5 Å². The van der Waals surface area contributed by atoms with Crippen LogP contribution in [0.1, 0.15) is 5.56 Å². The predicted octanol–water partition coefficient (Wildman–Crippen LogP) is 1.37. The lowest BCUT2D eigenvalue weighted by atomic mass is 10.1. The molecule has 0 spiro atoms. The third kappa shape index (κ3) is 3.60. The third-order valence-corrected chi connectivity index (χ3v) is 2.46. The molecule has 1 aromatic carbocycles. The van der Waals surface area contributed by atoms with E-state index < -0.39 is 0 Å². The van der Waals surface area contributed by atoms with Crippen LogP contribution in [0.4, 0.5) is 0 Å². The van der Waals surface area contributed by atoms with Crippen LogP contribution in [-0.2, 0) is 13.5 Å². The Morgan fingerprint density at radius 1 is 1.35 bits per heavy atom. The maximum atomic E-state index is 6.00. The normalized spacial score (nSPS) is 12.4. The van der Waals surface area contributed by atoms with Crippen molar-refractivity contribution in [3.05, 3.63) is 48.3 Å². The molecule has 1 heterocycles. The van der Waals surface area contributed by atoms with Crippen molar-refractivity contribution < 1.29 is 4.74 Å². The molecule has 0 aliphatic rings. The van der Waals surface area contributed by atoms with Crippen LogP contribution in [0.15, 0.2) is 42.7 Å². The summed E-state index contributed by atoms with van der Waals surface area (Å²) in [5, 5.41) is 4.11. The molecule has 0 amide bonds. The van der Waals surface area contributed by atoms with Gasteiger partial charge >= 0.3 is 0 Å². The Hall–Kier alpha value is -1.81. The van der Waals surface area contributed by atoms with E-state index in [1.807, 2.05) is 49.8 Å². The molecule has 0 fully saturated rings. The highest BCUT2D eigenvalue weighted by Gasteiger charge is 2.06. The summed E-state index contributed by atoms with van der Waals surface area (Å²) in [7, 11) is 1.90. The lowest BCUT2D eigenvalue weighted by Gasteiger charge is -2.12. The Morgan fingerprint density at radius 2 is 2.12 bits per heavy atom. The Bertz CT molecular complexity index is 453. The molecule has 4 nitrogen and oxygen atoms in total. The summed E-state index contributed by atoms with van der Waals surface area (Å²) in [6.45, 7) is 0.513. The summed E-state index contributed by atoms with van der Waals surface area (Å²) in [5.41, 5.74) is 7.14. The number of aromatic nitrogens is 2. The first-order valence-corrected chi connectivity index (χ1v) is 5.65. The second-order valence-electron chi connectivity index (χ2n) is 4.11. The molecule has 2 aromatic rings. The predicted molar refractivity (Wildman–Crippen MR) is 66.8 cm³/mol. The van der Waals surface area contributed by atoms with E-state index >= 15 is 0 Å². The van der Waals surface area contributed by atoms with Gasteiger partial charge in [0.15, 0.2) is 0 Å². The van der Waals surface area contributed by atoms with Gasteiger partial charge in [-0.25, -0.2) is 0 Å². The van der Waals surface area contributed by atoms with E-state index in [1.165, 1.54) is 0 Å². The van der Waals surface area contributed by atoms with Crippen LogP contribution >= 0.6 is 0 Å². The van der Waals surface area contributed by atoms with E-state index in [2.05, 4.69) is 5.10 Å². The van der Waals surface area contributed by atoms with Gasteiger partial charge in [0.05, 0.1) is 6.20 Å². The van der Waals surface area contributed by atoms with Crippen molar-refractivity contribution in [1.82, 2.24) is 9.78 Å². The molecule has 0 saturated carbocycles. The van der Waals surface area contributed by atoms with E-state index in [0.717, 1.165) is 17.7 Å². The fraction of sp³-hybridized carbons (Fsp3) is 0.308. The van der Waals surface area contributed by atoms with E-state index in [-0.39, 0.29) is 6.04 Å². The zero-order chi connectivity index (χ0) is 12.1. The van der Waals surface area contributed by atoms with Crippen LogP contribution in [-0.4, -0.2) is 22.4 Å². The van der Waals surface area contributed by atoms with Crippen LogP contribution in [0.3, 0.4) is 0 Å². The fourth-order valence-electron chi connectivity index (χ4n) is 1.66. The van der Waals surface area contributed by atoms with Crippen molar-refractivity contribution in [2.75, 3.05) is 6.61 Å². The SMILES string of the molecule is Cn1cc(CC(N)COc2ccccc2)cn1. The first-order valence-electron chi connectivity index (χ1n) is 5.65. The van der Waals surface area contributed by atoms with Gasteiger partial charge in [0.25, 0.3) is 0 Å². The molecule has 2 rings (SSSR count). The van der Waals surface area contributed by atoms with Gasteiger partial charge in [-0.2, -0.15) is 5.10 Å². The number of nitrogens with zero attached hydrogens (tertiary/aromatic N) is 2. The number of hydrogen-bond acceptors (Lipinski definition) is 3. The lowest BCUT2D eigenvalue weighted by Crippen LogP contribution is -2.30. The quantitative estimate of drug-likeness (QED) is 0.845. The molecule has 0 saturated heterocycles. The van der Waals surface area contributed by atoms with Gasteiger partial charge < -0.3 is 10.5 Å². The average molecular weight is 231 g/mol. The maximum absolute atomic E-state index is 6.00. The van der Waals surface area contributed by atoms with Crippen LogP contribution < -0.4 is 10.5 Å². The van der Waals surface area contributed by atoms with Gasteiger partial charge in [0.1, 0.15) is 12.4 Å². The monoisotopic (exact) mass is 231 g/mol. The molecule has 90 valence electrons. The Labute approximate surface area is 101 Å². The summed E-state index contributed by atoms with van der Waals surface area (Å²) < 4.78 is 7.37. The molecule has 1 aromatic heterocycles. The first-order chi connectivity index (χ1) is 8.24. The largest absolute Gasteiger partial charge is 0.492 e. The maximum Gasteiger partial charge on any atom is 0.119 e. The number of para-hydroxylation sites is 1.